The van der Waals surface area contributed by atoms with E-state index in [9.17, 15) is 14.3 Å². The minimum atomic E-state index is -0.892. The van der Waals surface area contributed by atoms with Gasteiger partial charge in [0.05, 0.1) is 18.1 Å². The van der Waals surface area contributed by atoms with Crippen LogP contribution in [0.25, 0.3) is 0 Å². The van der Waals surface area contributed by atoms with E-state index in [1.807, 2.05) is 6.07 Å². The zero-order valence-electron chi connectivity index (χ0n) is 15.7. The summed E-state index contributed by atoms with van der Waals surface area (Å²) in [4.78, 5) is 12.1. The van der Waals surface area contributed by atoms with E-state index < -0.39 is 5.60 Å². The summed E-state index contributed by atoms with van der Waals surface area (Å²) in [5, 5.41) is 14.2. The van der Waals surface area contributed by atoms with E-state index in [2.05, 4.69) is 28.2 Å². The lowest BCUT2D eigenvalue weighted by molar-refractivity contribution is -0.150. The first-order valence-corrected chi connectivity index (χ1v) is 10.1. The predicted octanol–water partition coefficient (Wildman–Crippen LogP) is 4.19. The van der Waals surface area contributed by atoms with Crippen LogP contribution < -0.4 is 5.32 Å². The third-order valence-electron chi connectivity index (χ3n) is 5.15. The molecule has 2 N–H and O–H groups in total. The van der Waals surface area contributed by atoms with E-state index in [4.69, 9.17) is 4.74 Å². The molecule has 2 rings (SSSR count). The third-order valence-corrected chi connectivity index (χ3v) is 5.61. The molecule has 1 aromatic rings. The second-order valence-corrected chi connectivity index (χ2v) is 8.55. The van der Waals surface area contributed by atoms with Gasteiger partial charge in [-0.25, -0.2) is 4.39 Å². The standard InChI is InChI=1S/C20H29BrFNO3/c1-4-26-19(24)16-6-5-15(10-20(3,25)11-16)13(2)23-12-14-7-17(21)9-18(22)8-14/h7-9,13,15-16,23,25H,4-6,10-12H2,1-3H3/t13?,15?,16?,20-/m1/s1. The summed E-state index contributed by atoms with van der Waals surface area (Å²) in [6.07, 6.45) is 2.63. The van der Waals surface area contributed by atoms with Crippen LogP contribution in [-0.4, -0.2) is 29.3 Å². The summed E-state index contributed by atoms with van der Waals surface area (Å²) in [5.74, 6) is -0.486. The van der Waals surface area contributed by atoms with E-state index >= 15 is 0 Å². The Morgan fingerprint density at radius 2 is 2.15 bits per heavy atom. The smallest absolute Gasteiger partial charge is 0.309 e. The van der Waals surface area contributed by atoms with Crippen LogP contribution in [0.15, 0.2) is 22.7 Å². The molecule has 6 heteroatoms. The number of carbonyl (C=O) groups excluding carboxylic acids is 1. The number of benzene rings is 1. The van der Waals surface area contributed by atoms with Crippen molar-refractivity contribution in [2.75, 3.05) is 6.61 Å². The largest absolute Gasteiger partial charge is 0.466 e. The summed E-state index contributed by atoms with van der Waals surface area (Å²) in [6, 6.07) is 4.99. The van der Waals surface area contributed by atoms with Gasteiger partial charge in [-0.1, -0.05) is 15.9 Å². The third kappa shape index (κ3) is 6.32. The number of halogens is 2. The molecule has 1 saturated carbocycles. The highest BCUT2D eigenvalue weighted by Gasteiger charge is 2.37. The number of rotatable bonds is 6. The van der Waals surface area contributed by atoms with Crippen LogP contribution in [0, 0.1) is 17.7 Å². The molecule has 0 heterocycles. The molecule has 0 spiro atoms. The fourth-order valence-corrected chi connectivity index (χ4v) is 4.36. The van der Waals surface area contributed by atoms with E-state index in [1.165, 1.54) is 12.1 Å². The van der Waals surface area contributed by atoms with Crippen molar-refractivity contribution in [3.63, 3.8) is 0 Å². The van der Waals surface area contributed by atoms with Crippen molar-refractivity contribution in [1.82, 2.24) is 5.32 Å². The predicted molar refractivity (Wildman–Crippen MR) is 103 cm³/mol. The van der Waals surface area contributed by atoms with Gasteiger partial charge in [-0.2, -0.15) is 0 Å². The maximum atomic E-state index is 13.5. The summed E-state index contributed by atoms with van der Waals surface area (Å²) in [7, 11) is 0. The topological polar surface area (TPSA) is 58.6 Å². The summed E-state index contributed by atoms with van der Waals surface area (Å²) in [6.45, 7) is 6.60. The van der Waals surface area contributed by atoms with Crippen molar-refractivity contribution in [3.05, 3.63) is 34.1 Å². The first-order chi connectivity index (χ1) is 12.2. The van der Waals surface area contributed by atoms with Gasteiger partial charge < -0.3 is 15.2 Å². The Kier molecular flexibility index (Phi) is 7.62. The molecule has 3 unspecified atom stereocenters. The van der Waals surface area contributed by atoms with Crippen LogP contribution in [-0.2, 0) is 16.1 Å². The Hall–Kier alpha value is -0.980. The van der Waals surface area contributed by atoms with E-state index in [0.717, 1.165) is 22.9 Å². The average molecular weight is 430 g/mol. The number of carbonyl (C=O) groups is 1. The summed E-state index contributed by atoms with van der Waals surface area (Å²) >= 11 is 3.31. The quantitative estimate of drug-likeness (QED) is 0.525. The van der Waals surface area contributed by atoms with Gasteiger partial charge in [0.2, 0.25) is 0 Å². The monoisotopic (exact) mass is 429 g/mol. The summed E-state index contributed by atoms with van der Waals surface area (Å²) < 4.78 is 19.4. The lowest BCUT2D eigenvalue weighted by Gasteiger charge is -2.30. The molecule has 0 amide bonds. The molecule has 0 aliphatic heterocycles. The fraction of sp³-hybridized carbons (Fsp3) is 0.650. The fourth-order valence-electron chi connectivity index (χ4n) is 3.84. The average Bonchev–Trinajstić information content (AvgIpc) is 2.70. The van der Waals surface area contributed by atoms with Crippen molar-refractivity contribution in [3.8, 4) is 0 Å². The van der Waals surface area contributed by atoms with Gasteiger partial charge in [0.1, 0.15) is 5.82 Å². The Bertz CT molecular complexity index is 603. The molecule has 1 aliphatic rings. The normalized spacial score (nSPS) is 27.6. The Morgan fingerprint density at radius 3 is 2.81 bits per heavy atom. The van der Waals surface area contributed by atoms with Crippen LogP contribution >= 0.6 is 15.9 Å². The number of esters is 1. The molecule has 0 saturated heterocycles. The van der Waals surface area contributed by atoms with E-state index in [0.29, 0.717) is 26.0 Å². The number of aliphatic hydroxyl groups is 1. The highest BCUT2D eigenvalue weighted by Crippen LogP contribution is 2.36. The van der Waals surface area contributed by atoms with Crippen LogP contribution in [0.5, 0.6) is 0 Å². The second kappa shape index (κ2) is 9.29. The molecule has 1 aromatic carbocycles. The molecule has 26 heavy (non-hydrogen) atoms. The molecule has 4 nitrogen and oxygen atoms in total. The van der Waals surface area contributed by atoms with Gasteiger partial charge in [0.15, 0.2) is 0 Å². The van der Waals surface area contributed by atoms with Crippen LogP contribution in [0.2, 0.25) is 0 Å². The van der Waals surface area contributed by atoms with Crippen molar-refractivity contribution >= 4 is 21.9 Å². The maximum absolute atomic E-state index is 13.5. The highest BCUT2D eigenvalue weighted by molar-refractivity contribution is 9.10. The zero-order chi connectivity index (χ0) is 19.3. The molecule has 146 valence electrons. The number of hydrogen-bond donors (Lipinski definition) is 2. The van der Waals surface area contributed by atoms with Gasteiger partial charge in [-0.3, -0.25) is 4.79 Å². The second-order valence-electron chi connectivity index (χ2n) is 7.64. The van der Waals surface area contributed by atoms with Gasteiger partial charge in [0, 0.05) is 17.1 Å². The minimum Gasteiger partial charge on any atom is -0.466 e. The van der Waals surface area contributed by atoms with Gasteiger partial charge >= 0.3 is 5.97 Å². The Morgan fingerprint density at radius 1 is 1.42 bits per heavy atom. The van der Waals surface area contributed by atoms with Crippen LogP contribution in [0.3, 0.4) is 0 Å². The van der Waals surface area contributed by atoms with Crippen molar-refractivity contribution < 1.29 is 19.0 Å². The first kappa shape index (κ1) is 21.3. The summed E-state index contributed by atoms with van der Waals surface area (Å²) in [5.41, 5.74) is -0.0235. The number of ether oxygens (including phenoxy) is 1. The first-order valence-electron chi connectivity index (χ1n) is 9.27. The molecule has 0 radical (unpaired) electrons. The molecular weight excluding hydrogens is 401 g/mol. The zero-order valence-corrected chi connectivity index (χ0v) is 17.3. The lowest BCUT2D eigenvalue weighted by atomic mass is 9.86. The van der Waals surface area contributed by atoms with E-state index in [-0.39, 0.29) is 29.7 Å². The molecular formula is C20H29BrFNO3. The van der Waals surface area contributed by atoms with Crippen molar-refractivity contribution in [2.24, 2.45) is 11.8 Å². The van der Waals surface area contributed by atoms with Gasteiger partial charge in [0.25, 0.3) is 0 Å². The van der Waals surface area contributed by atoms with Crippen molar-refractivity contribution in [1.29, 1.82) is 0 Å². The van der Waals surface area contributed by atoms with E-state index in [1.54, 1.807) is 13.8 Å². The Labute approximate surface area is 163 Å². The van der Waals surface area contributed by atoms with Crippen LogP contribution in [0.1, 0.15) is 52.0 Å². The SMILES string of the molecule is CCOC(=O)C1CCC(C(C)NCc2cc(F)cc(Br)c2)C[C@@](C)(O)C1. The minimum absolute atomic E-state index is 0.143. The molecule has 1 aliphatic carbocycles. The van der Waals surface area contributed by atoms with Crippen LogP contribution in [0.4, 0.5) is 4.39 Å². The number of hydrogen-bond acceptors (Lipinski definition) is 4. The molecule has 4 atom stereocenters. The van der Waals surface area contributed by atoms with Gasteiger partial charge in [-0.15, -0.1) is 0 Å². The lowest BCUT2D eigenvalue weighted by Crippen LogP contribution is -2.37. The molecule has 0 aromatic heterocycles. The van der Waals surface area contributed by atoms with Crippen molar-refractivity contribution in [2.45, 2.75) is 64.6 Å². The maximum Gasteiger partial charge on any atom is 0.309 e. The molecule has 1 fully saturated rings. The molecule has 0 bridgehead atoms. The Balaban J connectivity index is 1.97. The highest BCUT2D eigenvalue weighted by atomic mass is 79.9. The number of nitrogens with one attached hydrogen (secondary N) is 1. The van der Waals surface area contributed by atoms with Gasteiger partial charge in [-0.05, 0) is 76.1 Å².